The van der Waals surface area contributed by atoms with E-state index in [9.17, 15) is 4.79 Å². The van der Waals surface area contributed by atoms with E-state index in [-0.39, 0.29) is 12.5 Å². The molecule has 1 aromatic rings. The van der Waals surface area contributed by atoms with E-state index in [2.05, 4.69) is 15.5 Å². The standard InChI is InChI=1S/C7H12N4O/c1-5-6(4-10-11-5)3-9-7(12)2-8/h4H,2-3,8H2,1H3,(H,9,12)(H,10,11). The van der Waals surface area contributed by atoms with Crippen molar-refractivity contribution in [1.82, 2.24) is 15.5 Å². The summed E-state index contributed by atoms with van der Waals surface area (Å²) in [5.74, 6) is -0.157. The Morgan fingerprint density at radius 1 is 1.83 bits per heavy atom. The van der Waals surface area contributed by atoms with Gasteiger partial charge in [-0.15, -0.1) is 0 Å². The first-order chi connectivity index (χ1) is 5.74. The molecule has 0 radical (unpaired) electrons. The highest BCUT2D eigenvalue weighted by Gasteiger charge is 2.01. The summed E-state index contributed by atoms with van der Waals surface area (Å²) in [4.78, 5) is 10.8. The molecule has 5 nitrogen and oxygen atoms in total. The summed E-state index contributed by atoms with van der Waals surface area (Å²) in [6, 6.07) is 0. The highest BCUT2D eigenvalue weighted by molar-refractivity contribution is 5.77. The van der Waals surface area contributed by atoms with Crippen molar-refractivity contribution < 1.29 is 4.79 Å². The Morgan fingerprint density at radius 3 is 3.08 bits per heavy atom. The van der Waals surface area contributed by atoms with Gasteiger partial charge in [0.2, 0.25) is 5.91 Å². The van der Waals surface area contributed by atoms with Gasteiger partial charge in [-0.25, -0.2) is 0 Å². The topological polar surface area (TPSA) is 83.8 Å². The molecule has 0 unspecified atom stereocenters. The number of aromatic amines is 1. The molecular weight excluding hydrogens is 156 g/mol. The number of hydrogen-bond acceptors (Lipinski definition) is 3. The monoisotopic (exact) mass is 168 g/mol. The molecule has 1 heterocycles. The summed E-state index contributed by atoms with van der Waals surface area (Å²) < 4.78 is 0. The zero-order valence-electron chi connectivity index (χ0n) is 6.92. The zero-order valence-corrected chi connectivity index (χ0v) is 6.92. The minimum atomic E-state index is -0.157. The molecule has 0 saturated heterocycles. The van der Waals surface area contributed by atoms with E-state index < -0.39 is 0 Å². The number of amides is 1. The molecule has 0 spiro atoms. The smallest absolute Gasteiger partial charge is 0.234 e. The van der Waals surface area contributed by atoms with Crippen LogP contribution >= 0.6 is 0 Å². The van der Waals surface area contributed by atoms with Crippen LogP contribution in [0.5, 0.6) is 0 Å². The molecule has 1 aromatic heterocycles. The van der Waals surface area contributed by atoms with Crippen molar-refractivity contribution in [3.05, 3.63) is 17.5 Å². The number of nitrogens with two attached hydrogens (primary N) is 1. The molecule has 0 bridgehead atoms. The third-order valence-corrected chi connectivity index (χ3v) is 1.60. The Bertz CT molecular complexity index is 268. The van der Waals surface area contributed by atoms with Crippen LogP contribution in [0.4, 0.5) is 0 Å². The quantitative estimate of drug-likeness (QED) is 0.557. The Morgan fingerprint density at radius 2 is 2.58 bits per heavy atom. The van der Waals surface area contributed by atoms with Crippen molar-refractivity contribution in [2.45, 2.75) is 13.5 Å². The number of aromatic nitrogens is 2. The van der Waals surface area contributed by atoms with E-state index in [1.54, 1.807) is 6.20 Å². The number of aryl methyl sites for hydroxylation is 1. The summed E-state index contributed by atoms with van der Waals surface area (Å²) in [6.45, 7) is 2.41. The van der Waals surface area contributed by atoms with Crippen molar-refractivity contribution >= 4 is 5.91 Å². The summed E-state index contributed by atoms with van der Waals surface area (Å²) in [5, 5.41) is 9.25. The lowest BCUT2D eigenvalue weighted by Gasteiger charge is -2.00. The van der Waals surface area contributed by atoms with Gasteiger partial charge in [0.25, 0.3) is 0 Å². The van der Waals surface area contributed by atoms with Gasteiger partial charge in [0.1, 0.15) is 0 Å². The largest absolute Gasteiger partial charge is 0.351 e. The van der Waals surface area contributed by atoms with Gasteiger partial charge >= 0.3 is 0 Å². The first-order valence-corrected chi connectivity index (χ1v) is 3.69. The first-order valence-electron chi connectivity index (χ1n) is 3.69. The van der Waals surface area contributed by atoms with Crippen molar-refractivity contribution in [2.75, 3.05) is 6.54 Å². The second-order valence-corrected chi connectivity index (χ2v) is 2.50. The highest BCUT2D eigenvalue weighted by Crippen LogP contribution is 2.00. The van der Waals surface area contributed by atoms with Crippen molar-refractivity contribution in [2.24, 2.45) is 5.73 Å². The van der Waals surface area contributed by atoms with Crippen LogP contribution in [0.2, 0.25) is 0 Å². The molecule has 1 amide bonds. The second-order valence-electron chi connectivity index (χ2n) is 2.50. The van der Waals surface area contributed by atoms with Crippen LogP contribution < -0.4 is 11.1 Å². The maximum Gasteiger partial charge on any atom is 0.234 e. The zero-order chi connectivity index (χ0) is 8.97. The van der Waals surface area contributed by atoms with Gasteiger partial charge in [-0.3, -0.25) is 9.89 Å². The van der Waals surface area contributed by atoms with E-state index in [1.165, 1.54) is 0 Å². The van der Waals surface area contributed by atoms with Gasteiger partial charge in [0, 0.05) is 17.8 Å². The fourth-order valence-corrected chi connectivity index (χ4v) is 0.820. The summed E-state index contributed by atoms with van der Waals surface area (Å²) in [5.41, 5.74) is 7.06. The molecule has 0 aliphatic rings. The van der Waals surface area contributed by atoms with Crippen LogP contribution in [0, 0.1) is 6.92 Å². The maximum absolute atomic E-state index is 10.8. The molecule has 0 saturated carbocycles. The average molecular weight is 168 g/mol. The Kier molecular flexibility index (Phi) is 2.82. The van der Waals surface area contributed by atoms with E-state index in [4.69, 9.17) is 5.73 Å². The van der Waals surface area contributed by atoms with Gasteiger partial charge in [-0.05, 0) is 6.92 Å². The van der Waals surface area contributed by atoms with E-state index in [0.717, 1.165) is 11.3 Å². The van der Waals surface area contributed by atoms with Crippen LogP contribution in [-0.2, 0) is 11.3 Å². The lowest BCUT2D eigenvalue weighted by molar-refractivity contribution is -0.119. The molecule has 0 fully saturated rings. The molecule has 0 aliphatic heterocycles. The number of nitrogens with one attached hydrogen (secondary N) is 2. The highest BCUT2D eigenvalue weighted by atomic mass is 16.1. The van der Waals surface area contributed by atoms with Crippen molar-refractivity contribution in [3.63, 3.8) is 0 Å². The average Bonchev–Trinajstić information content (AvgIpc) is 2.47. The Balaban J connectivity index is 2.43. The minimum absolute atomic E-state index is 0.0247. The predicted molar refractivity (Wildman–Crippen MR) is 44.2 cm³/mol. The molecule has 66 valence electrons. The van der Waals surface area contributed by atoms with Gasteiger partial charge in [0.05, 0.1) is 12.7 Å². The molecule has 0 aliphatic carbocycles. The van der Waals surface area contributed by atoms with Crippen LogP contribution in [-0.4, -0.2) is 22.6 Å². The maximum atomic E-state index is 10.8. The molecule has 0 aromatic carbocycles. The Labute approximate surface area is 70.3 Å². The van der Waals surface area contributed by atoms with E-state index >= 15 is 0 Å². The van der Waals surface area contributed by atoms with Crippen molar-refractivity contribution in [1.29, 1.82) is 0 Å². The summed E-state index contributed by atoms with van der Waals surface area (Å²) in [6.07, 6.45) is 1.69. The molecule has 5 heteroatoms. The third-order valence-electron chi connectivity index (χ3n) is 1.60. The van der Waals surface area contributed by atoms with E-state index in [0.29, 0.717) is 6.54 Å². The Hall–Kier alpha value is -1.36. The molecule has 0 atom stereocenters. The second kappa shape index (κ2) is 3.87. The van der Waals surface area contributed by atoms with Gasteiger partial charge in [-0.1, -0.05) is 0 Å². The lowest BCUT2D eigenvalue weighted by atomic mass is 10.2. The SMILES string of the molecule is Cc1[nH]ncc1CNC(=O)CN. The van der Waals surface area contributed by atoms with Crippen molar-refractivity contribution in [3.8, 4) is 0 Å². The number of carbonyl (C=O) groups is 1. The van der Waals surface area contributed by atoms with Crippen LogP contribution in [0.1, 0.15) is 11.3 Å². The van der Waals surface area contributed by atoms with Crippen LogP contribution in [0.15, 0.2) is 6.20 Å². The number of H-pyrrole nitrogens is 1. The van der Waals surface area contributed by atoms with Gasteiger partial charge < -0.3 is 11.1 Å². The molecular formula is C7H12N4O. The van der Waals surface area contributed by atoms with Crippen LogP contribution in [0.25, 0.3) is 0 Å². The molecule has 12 heavy (non-hydrogen) atoms. The predicted octanol–water partition coefficient (Wildman–Crippen LogP) is -0.707. The molecule has 4 N–H and O–H groups in total. The fourth-order valence-electron chi connectivity index (χ4n) is 0.820. The van der Waals surface area contributed by atoms with E-state index in [1.807, 2.05) is 6.92 Å². The van der Waals surface area contributed by atoms with Crippen LogP contribution in [0.3, 0.4) is 0 Å². The lowest BCUT2D eigenvalue weighted by Crippen LogP contribution is -2.29. The summed E-state index contributed by atoms with van der Waals surface area (Å²) >= 11 is 0. The van der Waals surface area contributed by atoms with Gasteiger partial charge in [-0.2, -0.15) is 5.10 Å². The normalized spacial score (nSPS) is 9.83. The molecule has 1 rings (SSSR count). The van der Waals surface area contributed by atoms with Gasteiger partial charge in [0.15, 0.2) is 0 Å². The fraction of sp³-hybridized carbons (Fsp3) is 0.429. The number of rotatable bonds is 3. The number of carbonyl (C=O) groups excluding carboxylic acids is 1. The number of nitrogens with zero attached hydrogens (tertiary/aromatic N) is 1. The minimum Gasteiger partial charge on any atom is -0.351 e. The third kappa shape index (κ3) is 2.06. The summed E-state index contributed by atoms with van der Waals surface area (Å²) in [7, 11) is 0. The number of hydrogen-bond donors (Lipinski definition) is 3. The first kappa shape index (κ1) is 8.73.